The van der Waals surface area contributed by atoms with Crippen LogP contribution in [-0.2, 0) is 13.0 Å². The summed E-state index contributed by atoms with van der Waals surface area (Å²) in [7, 11) is 0. The van der Waals surface area contributed by atoms with Gasteiger partial charge in [-0.1, -0.05) is 13.0 Å². The number of nitrogens with zero attached hydrogens (tertiary/aromatic N) is 2. The van der Waals surface area contributed by atoms with Gasteiger partial charge in [-0.05, 0) is 43.7 Å². The smallest absolute Gasteiger partial charge is 0.272 e. The van der Waals surface area contributed by atoms with Crippen LogP contribution in [0.2, 0.25) is 0 Å². The van der Waals surface area contributed by atoms with Gasteiger partial charge >= 0.3 is 0 Å². The third-order valence-corrected chi connectivity index (χ3v) is 4.08. The quantitative estimate of drug-likeness (QED) is 0.859. The van der Waals surface area contributed by atoms with Crippen molar-refractivity contribution >= 4 is 5.91 Å². The first kappa shape index (κ1) is 15.5. The minimum absolute atomic E-state index is 0.188. The van der Waals surface area contributed by atoms with Crippen LogP contribution in [0.4, 0.5) is 0 Å². The molecule has 2 aromatic heterocycles. The van der Waals surface area contributed by atoms with Crippen LogP contribution in [0, 0.1) is 0 Å². The van der Waals surface area contributed by atoms with E-state index >= 15 is 0 Å². The van der Waals surface area contributed by atoms with E-state index in [1.165, 1.54) is 12.8 Å². The van der Waals surface area contributed by atoms with Gasteiger partial charge in [0, 0.05) is 24.5 Å². The molecule has 6 heteroatoms. The minimum Gasteiger partial charge on any atom is -0.474 e. The summed E-state index contributed by atoms with van der Waals surface area (Å²) in [5, 5.41) is 9.68. The van der Waals surface area contributed by atoms with Crippen LogP contribution in [0.1, 0.15) is 54.4 Å². The fraction of sp³-hybridized carbons (Fsp3) is 0.471. The lowest BCUT2D eigenvalue weighted by atomic mass is 10.2. The van der Waals surface area contributed by atoms with Gasteiger partial charge in [-0.2, -0.15) is 5.10 Å². The van der Waals surface area contributed by atoms with Gasteiger partial charge in [0.2, 0.25) is 5.88 Å². The summed E-state index contributed by atoms with van der Waals surface area (Å²) in [6.45, 7) is 2.43. The molecule has 0 aliphatic heterocycles. The predicted octanol–water partition coefficient (Wildman–Crippen LogP) is 2.62. The van der Waals surface area contributed by atoms with Crippen molar-refractivity contribution in [2.45, 2.75) is 51.7 Å². The number of pyridine rings is 1. The lowest BCUT2D eigenvalue weighted by molar-refractivity contribution is 0.0946. The standard InChI is InChI=1S/C17H22N4O2/c1-2-13-9-15(21-20-13)17(22)19-11-12-7-8-16(18-10-12)23-14-5-3-4-6-14/h7-10,14H,2-6,11H2,1H3,(H,19,22)(H,20,21). The zero-order valence-electron chi connectivity index (χ0n) is 13.3. The van der Waals surface area contributed by atoms with Crippen molar-refractivity contribution in [3.63, 3.8) is 0 Å². The largest absolute Gasteiger partial charge is 0.474 e. The van der Waals surface area contributed by atoms with Gasteiger partial charge < -0.3 is 10.1 Å². The van der Waals surface area contributed by atoms with E-state index in [2.05, 4.69) is 20.5 Å². The molecule has 122 valence electrons. The van der Waals surface area contributed by atoms with Gasteiger partial charge in [0.25, 0.3) is 5.91 Å². The van der Waals surface area contributed by atoms with E-state index in [1.807, 2.05) is 19.1 Å². The molecule has 2 heterocycles. The molecule has 2 N–H and O–H groups in total. The normalized spacial score (nSPS) is 14.8. The van der Waals surface area contributed by atoms with E-state index in [-0.39, 0.29) is 5.91 Å². The second-order valence-corrected chi connectivity index (χ2v) is 5.84. The molecule has 0 atom stereocenters. The minimum atomic E-state index is -0.188. The monoisotopic (exact) mass is 314 g/mol. The number of carbonyl (C=O) groups excluding carboxylic acids is 1. The van der Waals surface area contributed by atoms with E-state index in [9.17, 15) is 4.79 Å². The molecule has 6 nitrogen and oxygen atoms in total. The number of hydrogen-bond acceptors (Lipinski definition) is 4. The lowest BCUT2D eigenvalue weighted by Crippen LogP contribution is -2.23. The van der Waals surface area contributed by atoms with E-state index in [0.717, 1.165) is 30.5 Å². The highest BCUT2D eigenvalue weighted by molar-refractivity contribution is 5.92. The Hall–Kier alpha value is -2.37. The maximum Gasteiger partial charge on any atom is 0.272 e. The van der Waals surface area contributed by atoms with Crippen molar-refractivity contribution in [3.05, 3.63) is 41.3 Å². The van der Waals surface area contributed by atoms with Crippen molar-refractivity contribution in [1.82, 2.24) is 20.5 Å². The Balaban J connectivity index is 1.50. The summed E-state index contributed by atoms with van der Waals surface area (Å²) >= 11 is 0. The number of aromatic amines is 1. The zero-order chi connectivity index (χ0) is 16.1. The Labute approximate surface area is 135 Å². The van der Waals surface area contributed by atoms with Crippen LogP contribution in [0.5, 0.6) is 5.88 Å². The summed E-state index contributed by atoms with van der Waals surface area (Å²) < 4.78 is 5.83. The average molecular weight is 314 g/mol. The number of ether oxygens (including phenoxy) is 1. The molecule has 0 aromatic carbocycles. The number of H-pyrrole nitrogens is 1. The molecule has 3 rings (SSSR count). The van der Waals surface area contributed by atoms with Gasteiger partial charge in [0.05, 0.1) is 0 Å². The van der Waals surface area contributed by atoms with Gasteiger partial charge in [-0.3, -0.25) is 9.89 Å². The lowest BCUT2D eigenvalue weighted by Gasteiger charge is -2.12. The number of rotatable bonds is 6. The molecule has 0 saturated heterocycles. The molecule has 0 spiro atoms. The number of aryl methyl sites for hydroxylation is 1. The maximum absolute atomic E-state index is 12.0. The number of aromatic nitrogens is 3. The number of amides is 1. The number of carbonyl (C=O) groups is 1. The first-order valence-electron chi connectivity index (χ1n) is 8.18. The van der Waals surface area contributed by atoms with Crippen LogP contribution in [0.15, 0.2) is 24.4 Å². The topological polar surface area (TPSA) is 79.9 Å². The Bertz CT molecular complexity index is 645. The zero-order valence-corrected chi connectivity index (χ0v) is 13.3. The first-order chi connectivity index (χ1) is 11.2. The maximum atomic E-state index is 12.0. The molecule has 1 aliphatic carbocycles. The first-order valence-corrected chi connectivity index (χ1v) is 8.18. The summed E-state index contributed by atoms with van der Waals surface area (Å²) in [4.78, 5) is 16.3. The molecule has 2 aromatic rings. The number of hydrogen-bond donors (Lipinski definition) is 2. The van der Waals surface area contributed by atoms with Gasteiger partial charge in [0.15, 0.2) is 0 Å². The highest BCUT2D eigenvalue weighted by atomic mass is 16.5. The Morgan fingerprint density at radius 1 is 1.39 bits per heavy atom. The van der Waals surface area contributed by atoms with Crippen LogP contribution < -0.4 is 10.1 Å². The third kappa shape index (κ3) is 4.09. The predicted molar refractivity (Wildman–Crippen MR) is 86.3 cm³/mol. The second kappa shape index (κ2) is 7.26. The average Bonchev–Trinajstić information content (AvgIpc) is 3.25. The molecular formula is C17H22N4O2. The summed E-state index contributed by atoms with van der Waals surface area (Å²) in [6, 6.07) is 5.56. The molecule has 0 radical (unpaired) electrons. The Morgan fingerprint density at radius 3 is 2.87 bits per heavy atom. The molecular weight excluding hydrogens is 292 g/mol. The van der Waals surface area contributed by atoms with Crippen LogP contribution in [0.3, 0.4) is 0 Å². The van der Waals surface area contributed by atoms with Gasteiger partial charge in [-0.25, -0.2) is 4.98 Å². The summed E-state index contributed by atoms with van der Waals surface area (Å²) in [5.41, 5.74) is 2.30. The van der Waals surface area contributed by atoms with Crippen molar-refractivity contribution in [2.24, 2.45) is 0 Å². The van der Waals surface area contributed by atoms with E-state index in [1.54, 1.807) is 12.3 Å². The summed E-state index contributed by atoms with van der Waals surface area (Å²) in [5.74, 6) is 0.471. The highest BCUT2D eigenvalue weighted by Crippen LogP contribution is 2.22. The summed E-state index contributed by atoms with van der Waals surface area (Å²) in [6.07, 6.45) is 7.58. The fourth-order valence-corrected chi connectivity index (χ4v) is 2.69. The van der Waals surface area contributed by atoms with Crippen molar-refractivity contribution in [1.29, 1.82) is 0 Å². The Morgan fingerprint density at radius 2 is 2.22 bits per heavy atom. The van der Waals surface area contributed by atoms with Gasteiger partial charge in [-0.15, -0.1) is 0 Å². The second-order valence-electron chi connectivity index (χ2n) is 5.84. The number of nitrogens with one attached hydrogen (secondary N) is 2. The molecule has 1 aliphatic rings. The molecule has 0 unspecified atom stereocenters. The van der Waals surface area contributed by atoms with Crippen LogP contribution in [0.25, 0.3) is 0 Å². The SMILES string of the molecule is CCc1cc(C(=O)NCc2ccc(OC3CCCC3)nc2)n[nH]1. The third-order valence-electron chi connectivity index (χ3n) is 4.08. The van der Waals surface area contributed by atoms with Crippen molar-refractivity contribution in [3.8, 4) is 5.88 Å². The van der Waals surface area contributed by atoms with E-state index in [4.69, 9.17) is 4.74 Å². The Kier molecular flexibility index (Phi) is 4.90. The molecule has 0 bridgehead atoms. The highest BCUT2D eigenvalue weighted by Gasteiger charge is 2.16. The fourth-order valence-electron chi connectivity index (χ4n) is 2.69. The molecule has 1 fully saturated rings. The van der Waals surface area contributed by atoms with Crippen molar-refractivity contribution in [2.75, 3.05) is 0 Å². The molecule has 1 saturated carbocycles. The van der Waals surface area contributed by atoms with Crippen molar-refractivity contribution < 1.29 is 9.53 Å². The van der Waals surface area contributed by atoms with E-state index < -0.39 is 0 Å². The van der Waals surface area contributed by atoms with Crippen LogP contribution in [-0.4, -0.2) is 27.2 Å². The van der Waals surface area contributed by atoms with Crippen LogP contribution >= 0.6 is 0 Å². The molecule has 1 amide bonds. The van der Waals surface area contributed by atoms with E-state index in [0.29, 0.717) is 24.2 Å². The molecule has 23 heavy (non-hydrogen) atoms. The van der Waals surface area contributed by atoms with Gasteiger partial charge in [0.1, 0.15) is 11.8 Å².